The van der Waals surface area contributed by atoms with Gasteiger partial charge in [-0.05, 0) is 36.1 Å². The Balaban J connectivity index is 1.89. The Labute approximate surface area is 128 Å². The summed E-state index contributed by atoms with van der Waals surface area (Å²) in [6.07, 6.45) is 3.49. The monoisotopic (exact) mass is 307 g/mol. The summed E-state index contributed by atoms with van der Waals surface area (Å²) in [5.74, 6) is 1.05. The summed E-state index contributed by atoms with van der Waals surface area (Å²) < 4.78 is 1.07. The average Bonchev–Trinajstić information content (AvgIpc) is 2.91. The molecule has 1 atom stereocenters. The fourth-order valence-corrected chi connectivity index (χ4v) is 3.22. The number of carboxylic acids is 1. The molecule has 2 rings (SSSR count). The molecule has 0 fully saturated rings. The molecule has 21 heavy (non-hydrogen) atoms. The number of carboxylic acid groups (broad SMARTS) is 1. The maximum absolute atomic E-state index is 10.7. The highest BCUT2D eigenvalue weighted by Gasteiger charge is 2.15. The molecule has 2 aromatic rings. The van der Waals surface area contributed by atoms with Crippen molar-refractivity contribution in [2.75, 3.05) is 11.9 Å². The standard InChI is InChI=1S/C15H21N3O2S/c1-10(2)11(3-4-13(19)20)5-7-16-15-14-12(6-8-21-14)17-9-18-15/h6,8-11H,3-5,7H2,1-2H3,(H,19,20)(H,16,17,18). The molecule has 0 bridgehead atoms. The molecule has 2 N–H and O–H groups in total. The number of nitrogens with one attached hydrogen (secondary N) is 1. The summed E-state index contributed by atoms with van der Waals surface area (Å²) in [5, 5.41) is 14.2. The first-order valence-corrected chi connectivity index (χ1v) is 8.09. The highest BCUT2D eigenvalue weighted by molar-refractivity contribution is 7.17. The summed E-state index contributed by atoms with van der Waals surface area (Å²) in [7, 11) is 0. The topological polar surface area (TPSA) is 75.1 Å². The molecule has 2 heterocycles. The third-order valence-corrected chi connectivity index (χ3v) is 4.63. The highest BCUT2D eigenvalue weighted by Crippen LogP contribution is 2.26. The molecule has 0 aromatic carbocycles. The number of rotatable bonds is 8. The van der Waals surface area contributed by atoms with Crippen molar-refractivity contribution < 1.29 is 9.90 Å². The number of aliphatic carboxylic acids is 1. The van der Waals surface area contributed by atoms with Crippen LogP contribution >= 0.6 is 11.3 Å². The Bertz CT molecular complexity index is 597. The van der Waals surface area contributed by atoms with Gasteiger partial charge in [-0.15, -0.1) is 11.3 Å². The van der Waals surface area contributed by atoms with Gasteiger partial charge in [-0.3, -0.25) is 4.79 Å². The Morgan fingerprint density at radius 1 is 1.38 bits per heavy atom. The predicted molar refractivity (Wildman–Crippen MR) is 85.7 cm³/mol. The molecule has 0 amide bonds. The normalized spacial score (nSPS) is 12.7. The first-order valence-electron chi connectivity index (χ1n) is 7.21. The van der Waals surface area contributed by atoms with Crippen LogP contribution in [0.2, 0.25) is 0 Å². The van der Waals surface area contributed by atoms with E-state index in [2.05, 4.69) is 29.1 Å². The number of aromatic nitrogens is 2. The summed E-state index contributed by atoms with van der Waals surface area (Å²) in [6.45, 7) is 5.09. The molecular formula is C15H21N3O2S. The van der Waals surface area contributed by atoms with Gasteiger partial charge in [-0.2, -0.15) is 0 Å². The van der Waals surface area contributed by atoms with E-state index in [9.17, 15) is 4.79 Å². The molecule has 1 unspecified atom stereocenters. The number of carbonyl (C=O) groups is 1. The lowest BCUT2D eigenvalue weighted by Gasteiger charge is -2.20. The van der Waals surface area contributed by atoms with Crippen molar-refractivity contribution in [3.63, 3.8) is 0 Å². The number of thiophene rings is 1. The zero-order valence-corrected chi connectivity index (χ0v) is 13.2. The third kappa shape index (κ3) is 4.39. The van der Waals surface area contributed by atoms with E-state index in [1.165, 1.54) is 0 Å². The van der Waals surface area contributed by atoms with E-state index < -0.39 is 5.97 Å². The molecule has 114 valence electrons. The number of anilines is 1. The zero-order chi connectivity index (χ0) is 15.2. The van der Waals surface area contributed by atoms with Gasteiger partial charge in [0.1, 0.15) is 12.1 Å². The summed E-state index contributed by atoms with van der Waals surface area (Å²) in [6, 6.07) is 1.98. The van der Waals surface area contributed by atoms with E-state index >= 15 is 0 Å². The van der Waals surface area contributed by atoms with Crippen LogP contribution in [0, 0.1) is 11.8 Å². The van der Waals surface area contributed by atoms with Crippen LogP contribution in [0.15, 0.2) is 17.8 Å². The van der Waals surface area contributed by atoms with Crippen LogP contribution in [-0.4, -0.2) is 27.6 Å². The van der Waals surface area contributed by atoms with Gasteiger partial charge < -0.3 is 10.4 Å². The quantitative estimate of drug-likeness (QED) is 0.779. The van der Waals surface area contributed by atoms with Crippen molar-refractivity contribution in [2.45, 2.75) is 33.1 Å². The van der Waals surface area contributed by atoms with Crippen molar-refractivity contribution in [1.82, 2.24) is 9.97 Å². The second-order valence-corrected chi connectivity index (χ2v) is 6.43. The van der Waals surface area contributed by atoms with Crippen molar-refractivity contribution in [3.05, 3.63) is 17.8 Å². The van der Waals surface area contributed by atoms with E-state index in [1.54, 1.807) is 17.7 Å². The fraction of sp³-hybridized carbons (Fsp3) is 0.533. The molecular weight excluding hydrogens is 286 g/mol. The minimum Gasteiger partial charge on any atom is -0.481 e. The van der Waals surface area contributed by atoms with Gasteiger partial charge >= 0.3 is 5.97 Å². The molecule has 0 saturated carbocycles. The van der Waals surface area contributed by atoms with E-state index in [0.717, 1.165) is 35.4 Å². The Kier molecular flexibility index (Phi) is 5.50. The van der Waals surface area contributed by atoms with E-state index in [0.29, 0.717) is 11.8 Å². The first kappa shape index (κ1) is 15.7. The molecule has 0 radical (unpaired) electrons. The molecule has 0 spiro atoms. The second-order valence-electron chi connectivity index (χ2n) is 5.51. The van der Waals surface area contributed by atoms with Gasteiger partial charge in [0.25, 0.3) is 0 Å². The number of nitrogens with zero attached hydrogens (tertiary/aromatic N) is 2. The van der Waals surface area contributed by atoms with E-state index in [1.807, 2.05) is 11.4 Å². The molecule has 6 heteroatoms. The van der Waals surface area contributed by atoms with Gasteiger partial charge in [0.05, 0.1) is 10.2 Å². The Morgan fingerprint density at radius 2 is 2.19 bits per heavy atom. The first-order chi connectivity index (χ1) is 10.1. The smallest absolute Gasteiger partial charge is 0.303 e. The molecule has 5 nitrogen and oxygen atoms in total. The van der Waals surface area contributed by atoms with Crippen LogP contribution in [0.1, 0.15) is 33.1 Å². The van der Waals surface area contributed by atoms with E-state index in [4.69, 9.17) is 5.11 Å². The zero-order valence-electron chi connectivity index (χ0n) is 12.4. The lowest BCUT2D eigenvalue weighted by molar-refractivity contribution is -0.137. The number of hydrogen-bond acceptors (Lipinski definition) is 5. The lowest BCUT2D eigenvalue weighted by Crippen LogP contribution is -2.16. The van der Waals surface area contributed by atoms with Crippen LogP contribution in [0.25, 0.3) is 10.2 Å². The number of hydrogen-bond donors (Lipinski definition) is 2. The SMILES string of the molecule is CC(C)C(CCNc1ncnc2ccsc12)CCC(=O)O. The van der Waals surface area contributed by atoms with Crippen molar-refractivity contribution in [1.29, 1.82) is 0 Å². The fourth-order valence-electron chi connectivity index (χ4n) is 2.41. The summed E-state index contributed by atoms with van der Waals surface area (Å²) in [5.41, 5.74) is 0.962. The van der Waals surface area contributed by atoms with Crippen LogP contribution in [-0.2, 0) is 4.79 Å². The van der Waals surface area contributed by atoms with E-state index in [-0.39, 0.29) is 6.42 Å². The van der Waals surface area contributed by atoms with Gasteiger partial charge in [-0.25, -0.2) is 9.97 Å². The molecule has 0 aliphatic heterocycles. The van der Waals surface area contributed by atoms with Gasteiger partial charge in [-0.1, -0.05) is 13.8 Å². The molecule has 2 aromatic heterocycles. The van der Waals surface area contributed by atoms with Crippen molar-refractivity contribution >= 4 is 33.3 Å². The predicted octanol–water partition coefficient (Wildman–Crippen LogP) is 3.63. The lowest BCUT2D eigenvalue weighted by atomic mass is 9.88. The van der Waals surface area contributed by atoms with Crippen LogP contribution in [0.3, 0.4) is 0 Å². The number of fused-ring (bicyclic) bond motifs is 1. The maximum atomic E-state index is 10.7. The molecule has 0 saturated heterocycles. The highest BCUT2D eigenvalue weighted by atomic mass is 32.1. The van der Waals surface area contributed by atoms with Crippen molar-refractivity contribution in [3.8, 4) is 0 Å². The van der Waals surface area contributed by atoms with Crippen LogP contribution in [0.5, 0.6) is 0 Å². The van der Waals surface area contributed by atoms with Gasteiger partial charge in [0.2, 0.25) is 0 Å². The van der Waals surface area contributed by atoms with Crippen molar-refractivity contribution in [2.24, 2.45) is 11.8 Å². The minimum atomic E-state index is -0.718. The van der Waals surface area contributed by atoms with Crippen LogP contribution in [0.4, 0.5) is 5.82 Å². The largest absolute Gasteiger partial charge is 0.481 e. The average molecular weight is 307 g/mol. The van der Waals surface area contributed by atoms with Gasteiger partial charge in [0.15, 0.2) is 0 Å². The molecule has 0 aliphatic carbocycles. The third-order valence-electron chi connectivity index (χ3n) is 3.72. The minimum absolute atomic E-state index is 0.242. The second kappa shape index (κ2) is 7.36. The summed E-state index contributed by atoms with van der Waals surface area (Å²) in [4.78, 5) is 19.2. The van der Waals surface area contributed by atoms with Crippen LogP contribution < -0.4 is 5.32 Å². The summed E-state index contributed by atoms with van der Waals surface area (Å²) >= 11 is 1.63. The maximum Gasteiger partial charge on any atom is 0.303 e. The molecule has 0 aliphatic rings. The van der Waals surface area contributed by atoms with Gasteiger partial charge in [0, 0.05) is 13.0 Å². The Morgan fingerprint density at radius 3 is 2.90 bits per heavy atom. The Hall–Kier alpha value is -1.69.